The molecule has 1 saturated heterocycles. The van der Waals surface area contributed by atoms with Crippen LogP contribution in [0.25, 0.3) is 0 Å². The molecule has 0 radical (unpaired) electrons. The summed E-state index contributed by atoms with van der Waals surface area (Å²) in [7, 11) is -3.58. The molecule has 2 rings (SSSR count). The van der Waals surface area contributed by atoms with Crippen LogP contribution in [0.1, 0.15) is 19.4 Å². The molecule has 1 aliphatic heterocycles. The van der Waals surface area contributed by atoms with E-state index in [-0.39, 0.29) is 17.5 Å². The second kappa shape index (κ2) is 6.03. The molecule has 0 aromatic heterocycles. The summed E-state index contributed by atoms with van der Waals surface area (Å²) in [6.45, 7) is 6.14. The van der Waals surface area contributed by atoms with Gasteiger partial charge in [-0.05, 0) is 32.9 Å². The Labute approximate surface area is 125 Å². The average Bonchev–Trinajstić information content (AvgIpc) is 2.79. The summed E-state index contributed by atoms with van der Waals surface area (Å²) >= 11 is 0. The number of carbonyl (C=O) groups is 1. The molecule has 6 nitrogen and oxygen atoms in total. The Morgan fingerprint density at radius 2 is 1.95 bits per heavy atom. The summed E-state index contributed by atoms with van der Waals surface area (Å²) in [5.41, 5.74) is 0.992. The van der Waals surface area contributed by atoms with Crippen molar-refractivity contribution >= 4 is 16.1 Å². The van der Waals surface area contributed by atoms with E-state index >= 15 is 0 Å². The molecular formula is C14H20N2O4S. The second-order valence-corrected chi connectivity index (χ2v) is 7.18. The minimum Gasteiger partial charge on any atom is -0.443 e. The molecule has 1 atom stereocenters. The van der Waals surface area contributed by atoms with Crippen molar-refractivity contribution in [3.8, 4) is 0 Å². The highest BCUT2D eigenvalue weighted by Crippen LogP contribution is 2.15. The normalized spacial score (nSPS) is 19.1. The molecule has 0 bridgehead atoms. The molecule has 1 fully saturated rings. The Morgan fingerprint density at radius 1 is 1.33 bits per heavy atom. The predicted molar refractivity (Wildman–Crippen MR) is 78.5 cm³/mol. The number of nitrogens with one attached hydrogen (secondary N) is 1. The summed E-state index contributed by atoms with van der Waals surface area (Å²) < 4.78 is 31.9. The van der Waals surface area contributed by atoms with E-state index < -0.39 is 22.2 Å². The minimum atomic E-state index is -3.58. The van der Waals surface area contributed by atoms with E-state index in [0.717, 1.165) is 5.56 Å². The SMILES string of the molecule is Cc1ccc(S(=O)(=O)NCC2CN(C(C)C)C(=O)O2)cc1. The van der Waals surface area contributed by atoms with Crippen molar-refractivity contribution in [1.29, 1.82) is 0 Å². The zero-order valence-electron chi connectivity index (χ0n) is 12.4. The van der Waals surface area contributed by atoms with E-state index in [2.05, 4.69) is 4.72 Å². The van der Waals surface area contributed by atoms with E-state index in [1.165, 1.54) is 0 Å². The Bertz CT molecular complexity index is 610. The van der Waals surface area contributed by atoms with Crippen molar-refractivity contribution < 1.29 is 17.9 Å². The van der Waals surface area contributed by atoms with Gasteiger partial charge in [-0.25, -0.2) is 17.9 Å². The second-order valence-electron chi connectivity index (χ2n) is 5.42. The fraction of sp³-hybridized carbons (Fsp3) is 0.500. The van der Waals surface area contributed by atoms with Crippen LogP contribution in [-0.2, 0) is 14.8 Å². The van der Waals surface area contributed by atoms with E-state index in [4.69, 9.17) is 4.74 Å². The lowest BCUT2D eigenvalue weighted by Crippen LogP contribution is -2.36. The summed E-state index contributed by atoms with van der Waals surface area (Å²) in [5.74, 6) is 0. The maximum absolute atomic E-state index is 12.1. The number of hydrogen-bond acceptors (Lipinski definition) is 4. The van der Waals surface area contributed by atoms with Crippen molar-refractivity contribution in [3.63, 3.8) is 0 Å². The van der Waals surface area contributed by atoms with Gasteiger partial charge in [-0.3, -0.25) is 0 Å². The smallest absolute Gasteiger partial charge is 0.410 e. The highest BCUT2D eigenvalue weighted by Gasteiger charge is 2.33. The largest absolute Gasteiger partial charge is 0.443 e. The number of carbonyl (C=O) groups excluding carboxylic acids is 1. The van der Waals surface area contributed by atoms with Gasteiger partial charge >= 0.3 is 6.09 Å². The molecule has 116 valence electrons. The number of sulfonamides is 1. The van der Waals surface area contributed by atoms with Crippen LogP contribution in [0.5, 0.6) is 0 Å². The van der Waals surface area contributed by atoms with Gasteiger partial charge in [0.1, 0.15) is 6.10 Å². The lowest BCUT2D eigenvalue weighted by molar-refractivity contribution is 0.130. The van der Waals surface area contributed by atoms with Gasteiger partial charge in [-0.2, -0.15) is 0 Å². The summed E-state index contributed by atoms with van der Waals surface area (Å²) in [6.07, 6.45) is -0.857. The first-order valence-electron chi connectivity index (χ1n) is 6.83. The maximum atomic E-state index is 12.1. The van der Waals surface area contributed by atoms with Gasteiger partial charge in [-0.1, -0.05) is 17.7 Å². The first kappa shape index (κ1) is 15.8. The molecule has 1 aromatic rings. The van der Waals surface area contributed by atoms with Crippen LogP contribution in [0.2, 0.25) is 0 Å². The van der Waals surface area contributed by atoms with E-state index in [9.17, 15) is 13.2 Å². The summed E-state index contributed by atoms with van der Waals surface area (Å²) in [5, 5.41) is 0. The lowest BCUT2D eigenvalue weighted by Gasteiger charge is -2.16. The molecule has 7 heteroatoms. The first-order valence-corrected chi connectivity index (χ1v) is 8.31. The van der Waals surface area contributed by atoms with Gasteiger partial charge in [0.2, 0.25) is 10.0 Å². The molecule has 0 saturated carbocycles. The molecule has 1 unspecified atom stereocenters. The van der Waals surface area contributed by atoms with Crippen molar-refractivity contribution in [3.05, 3.63) is 29.8 Å². The molecule has 1 N–H and O–H groups in total. The lowest BCUT2D eigenvalue weighted by atomic mass is 10.2. The average molecular weight is 312 g/mol. The number of rotatable bonds is 5. The third-order valence-corrected chi connectivity index (χ3v) is 4.80. The number of amides is 1. The zero-order valence-corrected chi connectivity index (χ0v) is 13.2. The van der Waals surface area contributed by atoms with Crippen LogP contribution >= 0.6 is 0 Å². The molecule has 1 aliphatic rings. The highest BCUT2D eigenvalue weighted by atomic mass is 32.2. The van der Waals surface area contributed by atoms with Gasteiger partial charge in [0.05, 0.1) is 11.4 Å². The van der Waals surface area contributed by atoms with Crippen molar-refractivity contribution in [2.24, 2.45) is 0 Å². The van der Waals surface area contributed by atoms with Crippen LogP contribution in [0.4, 0.5) is 4.79 Å². The minimum absolute atomic E-state index is 0.0382. The third-order valence-electron chi connectivity index (χ3n) is 3.36. The van der Waals surface area contributed by atoms with Gasteiger partial charge in [-0.15, -0.1) is 0 Å². The Kier molecular flexibility index (Phi) is 4.53. The number of aryl methyl sites for hydroxylation is 1. The molecule has 1 heterocycles. The molecular weight excluding hydrogens is 292 g/mol. The Balaban J connectivity index is 1.97. The Morgan fingerprint density at radius 3 is 2.48 bits per heavy atom. The molecule has 1 amide bonds. The fourth-order valence-corrected chi connectivity index (χ4v) is 3.14. The molecule has 0 spiro atoms. The number of cyclic esters (lactones) is 1. The van der Waals surface area contributed by atoms with Crippen LogP contribution < -0.4 is 4.72 Å². The fourth-order valence-electron chi connectivity index (χ4n) is 2.07. The maximum Gasteiger partial charge on any atom is 0.410 e. The Hall–Kier alpha value is -1.60. The van der Waals surface area contributed by atoms with Crippen molar-refractivity contribution in [2.75, 3.05) is 13.1 Å². The van der Waals surface area contributed by atoms with Crippen molar-refractivity contribution in [2.45, 2.75) is 37.8 Å². The zero-order chi connectivity index (χ0) is 15.6. The van der Waals surface area contributed by atoms with Gasteiger partial charge < -0.3 is 9.64 Å². The number of nitrogens with zero attached hydrogens (tertiary/aromatic N) is 1. The molecule has 1 aromatic carbocycles. The van der Waals surface area contributed by atoms with Gasteiger partial charge in [0.15, 0.2) is 0 Å². The predicted octanol–water partition coefficient (Wildman–Crippen LogP) is 1.50. The number of ether oxygens (including phenoxy) is 1. The van der Waals surface area contributed by atoms with Crippen molar-refractivity contribution in [1.82, 2.24) is 9.62 Å². The standard InChI is InChI=1S/C14H20N2O4S/c1-10(2)16-9-12(20-14(16)17)8-15-21(18,19)13-6-4-11(3)5-7-13/h4-7,10,12,15H,8-9H2,1-3H3. The van der Waals surface area contributed by atoms with E-state index in [1.54, 1.807) is 29.2 Å². The molecule has 0 aliphatic carbocycles. The summed E-state index contributed by atoms with van der Waals surface area (Å²) in [4.78, 5) is 13.4. The first-order chi connectivity index (χ1) is 9.79. The van der Waals surface area contributed by atoms with Crippen LogP contribution in [0.3, 0.4) is 0 Å². The summed E-state index contributed by atoms with van der Waals surface area (Å²) in [6, 6.07) is 6.63. The molecule has 21 heavy (non-hydrogen) atoms. The number of hydrogen-bond donors (Lipinski definition) is 1. The quantitative estimate of drug-likeness (QED) is 0.894. The monoisotopic (exact) mass is 312 g/mol. The van der Waals surface area contributed by atoms with Crippen LogP contribution in [0.15, 0.2) is 29.2 Å². The van der Waals surface area contributed by atoms with Gasteiger partial charge in [0, 0.05) is 12.6 Å². The topological polar surface area (TPSA) is 75.7 Å². The van der Waals surface area contributed by atoms with Crippen LogP contribution in [0, 0.1) is 6.92 Å². The number of benzene rings is 1. The van der Waals surface area contributed by atoms with Gasteiger partial charge in [0.25, 0.3) is 0 Å². The van der Waals surface area contributed by atoms with Crippen LogP contribution in [-0.4, -0.2) is 44.6 Å². The highest BCUT2D eigenvalue weighted by molar-refractivity contribution is 7.89. The van der Waals surface area contributed by atoms with E-state index in [1.807, 2.05) is 20.8 Å². The third kappa shape index (κ3) is 3.74. The van der Waals surface area contributed by atoms with E-state index in [0.29, 0.717) is 6.54 Å².